The number of aliphatic hydroxyl groups is 1. The van der Waals surface area contributed by atoms with Crippen molar-refractivity contribution in [3.05, 3.63) is 85.1 Å². The molecule has 0 saturated heterocycles. The Labute approximate surface area is 358 Å². The molecule has 0 fully saturated rings. The summed E-state index contributed by atoms with van der Waals surface area (Å²) in [7, 11) is 0. The number of allylic oxidation sites excluding steroid dienone is 14. The molecule has 0 amide bonds. The maximum atomic E-state index is 12.3. The van der Waals surface area contributed by atoms with Crippen LogP contribution in [0.4, 0.5) is 0 Å². The lowest BCUT2D eigenvalue weighted by atomic mass is 10.0. The van der Waals surface area contributed by atoms with E-state index in [2.05, 4.69) is 98.9 Å². The molecule has 5 nitrogen and oxygen atoms in total. The average molecular weight is 807 g/mol. The minimum atomic E-state index is -0.785. The van der Waals surface area contributed by atoms with E-state index in [1.807, 2.05) is 0 Å². The molecule has 0 aliphatic heterocycles. The number of ether oxygens (including phenoxy) is 2. The number of hydrogen-bond acceptors (Lipinski definition) is 5. The number of esters is 2. The molecule has 0 heterocycles. The van der Waals surface area contributed by atoms with Crippen molar-refractivity contribution in [3.8, 4) is 0 Å². The summed E-state index contributed by atoms with van der Waals surface area (Å²) in [5, 5.41) is 9.61. The number of carbonyl (C=O) groups excluding carboxylic acids is 2. The van der Waals surface area contributed by atoms with Crippen LogP contribution in [0.1, 0.15) is 219 Å². The summed E-state index contributed by atoms with van der Waals surface area (Å²) >= 11 is 0. The van der Waals surface area contributed by atoms with E-state index in [1.165, 1.54) is 109 Å². The average Bonchev–Trinajstić information content (AvgIpc) is 3.23. The van der Waals surface area contributed by atoms with Gasteiger partial charge in [0, 0.05) is 12.8 Å². The van der Waals surface area contributed by atoms with Gasteiger partial charge in [-0.15, -0.1) is 0 Å². The number of aliphatic hydroxyl groups excluding tert-OH is 1. The second-order valence-corrected chi connectivity index (χ2v) is 15.8. The Balaban J connectivity index is 3.57. The summed E-state index contributed by atoms with van der Waals surface area (Å²) < 4.78 is 10.7. The lowest BCUT2D eigenvalue weighted by Crippen LogP contribution is -2.28. The van der Waals surface area contributed by atoms with Crippen molar-refractivity contribution in [2.45, 2.75) is 225 Å². The highest BCUT2D eigenvalue weighted by molar-refractivity contribution is 5.70. The Hall–Kier alpha value is -2.92. The van der Waals surface area contributed by atoms with Crippen LogP contribution in [-0.4, -0.2) is 36.4 Å². The van der Waals surface area contributed by atoms with Crippen LogP contribution in [0.3, 0.4) is 0 Å². The first-order valence-corrected chi connectivity index (χ1v) is 24.1. The van der Waals surface area contributed by atoms with Gasteiger partial charge in [-0.3, -0.25) is 9.59 Å². The zero-order chi connectivity index (χ0) is 42.1. The summed E-state index contributed by atoms with van der Waals surface area (Å²) in [5.41, 5.74) is 0. The van der Waals surface area contributed by atoms with Crippen LogP contribution in [0.5, 0.6) is 0 Å². The maximum Gasteiger partial charge on any atom is 0.306 e. The zero-order valence-electron chi connectivity index (χ0n) is 37.8. The van der Waals surface area contributed by atoms with E-state index in [0.29, 0.717) is 12.8 Å². The van der Waals surface area contributed by atoms with Crippen LogP contribution in [-0.2, 0) is 19.1 Å². The first-order valence-electron chi connectivity index (χ1n) is 24.1. The Kier molecular flexibility index (Phi) is 46.0. The molecule has 0 aliphatic rings. The molecule has 0 aliphatic carbocycles. The standard InChI is InChI=1S/C53H90O5/c1-3-5-7-9-11-13-15-17-19-21-23-25-26-28-30-32-34-36-38-40-42-44-46-48-53(56)58-51(49-54)50-57-52(55)47-45-43-41-39-37-35-33-31-29-27-24-22-20-18-16-14-12-10-8-6-4-2/h5,7,11,13,16-19,22-25,29,31,51,54H,3-4,6,8-10,12,14-15,20-21,26-28,30,32-50H2,1-2H3/b7-5-,13-11-,18-16-,19-17-,24-22-,25-23-,31-29-. The molecule has 0 aromatic heterocycles. The van der Waals surface area contributed by atoms with E-state index in [1.54, 1.807) is 0 Å². The van der Waals surface area contributed by atoms with Crippen molar-refractivity contribution in [3.63, 3.8) is 0 Å². The predicted molar refractivity (Wildman–Crippen MR) is 251 cm³/mol. The predicted octanol–water partition coefficient (Wildman–Crippen LogP) is 15.9. The fourth-order valence-corrected chi connectivity index (χ4v) is 6.55. The molecular formula is C53H90O5. The summed E-state index contributed by atoms with van der Waals surface area (Å²) in [5.74, 6) is -0.612. The van der Waals surface area contributed by atoms with E-state index in [0.717, 1.165) is 83.5 Å². The molecule has 0 aromatic carbocycles. The molecular weight excluding hydrogens is 717 g/mol. The number of carbonyl (C=O) groups is 2. The van der Waals surface area contributed by atoms with Crippen molar-refractivity contribution in [1.82, 2.24) is 0 Å². The highest BCUT2D eigenvalue weighted by atomic mass is 16.6. The SMILES string of the molecule is CC/C=C\C/C=C\C/C=C\C/C=C\CCCCCCCCCCCCC(=O)OC(CO)COC(=O)CCCCCCCC/C=C\C/C=C\C/C=C\CCCCCCC. The van der Waals surface area contributed by atoms with Gasteiger partial charge in [0.15, 0.2) is 6.10 Å². The Morgan fingerprint density at radius 3 is 1.12 bits per heavy atom. The molecule has 0 aromatic rings. The van der Waals surface area contributed by atoms with Gasteiger partial charge in [0.05, 0.1) is 6.61 Å². The third-order valence-electron chi connectivity index (χ3n) is 10.2. The summed E-state index contributed by atoms with van der Waals surface area (Å²) in [6.45, 7) is 4.00. The smallest absolute Gasteiger partial charge is 0.306 e. The maximum absolute atomic E-state index is 12.3. The normalized spacial score (nSPS) is 12.9. The molecule has 1 unspecified atom stereocenters. The molecule has 58 heavy (non-hydrogen) atoms. The van der Waals surface area contributed by atoms with E-state index in [9.17, 15) is 14.7 Å². The summed E-state index contributed by atoms with van der Waals surface area (Å²) in [6, 6.07) is 0. The molecule has 0 radical (unpaired) electrons. The number of unbranched alkanes of at least 4 members (excludes halogenated alkanes) is 21. The van der Waals surface area contributed by atoms with E-state index >= 15 is 0 Å². The lowest BCUT2D eigenvalue weighted by Gasteiger charge is -2.15. The number of hydrogen-bond donors (Lipinski definition) is 1. The van der Waals surface area contributed by atoms with Gasteiger partial charge < -0.3 is 14.6 Å². The van der Waals surface area contributed by atoms with Gasteiger partial charge in [-0.1, -0.05) is 202 Å². The largest absolute Gasteiger partial charge is 0.462 e. The minimum Gasteiger partial charge on any atom is -0.462 e. The fraction of sp³-hybridized carbons (Fsp3) is 0.698. The molecule has 0 bridgehead atoms. The van der Waals surface area contributed by atoms with Gasteiger partial charge in [0.1, 0.15) is 6.61 Å². The van der Waals surface area contributed by atoms with Crippen molar-refractivity contribution in [2.24, 2.45) is 0 Å². The first-order chi connectivity index (χ1) is 28.6. The molecule has 0 rings (SSSR count). The van der Waals surface area contributed by atoms with Crippen LogP contribution in [0.15, 0.2) is 85.1 Å². The topological polar surface area (TPSA) is 72.8 Å². The van der Waals surface area contributed by atoms with Crippen molar-refractivity contribution < 1.29 is 24.2 Å². The Morgan fingerprint density at radius 2 is 0.741 bits per heavy atom. The van der Waals surface area contributed by atoms with Crippen LogP contribution in [0.2, 0.25) is 0 Å². The Bertz CT molecular complexity index is 1090. The molecule has 0 spiro atoms. The van der Waals surface area contributed by atoms with Gasteiger partial charge in [-0.2, -0.15) is 0 Å². The molecule has 1 N–H and O–H groups in total. The van der Waals surface area contributed by atoms with Gasteiger partial charge in [0.2, 0.25) is 0 Å². The third kappa shape index (κ3) is 45.8. The summed E-state index contributed by atoms with van der Waals surface area (Å²) in [6.07, 6.45) is 66.6. The van der Waals surface area contributed by atoms with Crippen LogP contribution in [0, 0.1) is 0 Å². The van der Waals surface area contributed by atoms with Gasteiger partial charge >= 0.3 is 11.9 Å². The monoisotopic (exact) mass is 807 g/mol. The van der Waals surface area contributed by atoms with Crippen LogP contribution >= 0.6 is 0 Å². The lowest BCUT2D eigenvalue weighted by molar-refractivity contribution is -0.161. The van der Waals surface area contributed by atoms with Crippen molar-refractivity contribution >= 4 is 11.9 Å². The fourth-order valence-electron chi connectivity index (χ4n) is 6.55. The van der Waals surface area contributed by atoms with E-state index < -0.39 is 6.10 Å². The van der Waals surface area contributed by atoms with Crippen LogP contribution < -0.4 is 0 Å². The molecule has 0 saturated carbocycles. The second-order valence-electron chi connectivity index (χ2n) is 15.8. The van der Waals surface area contributed by atoms with Gasteiger partial charge in [-0.05, 0) is 89.9 Å². The van der Waals surface area contributed by atoms with Crippen LogP contribution in [0.25, 0.3) is 0 Å². The highest BCUT2D eigenvalue weighted by Crippen LogP contribution is 2.14. The highest BCUT2D eigenvalue weighted by Gasteiger charge is 2.16. The second kappa shape index (κ2) is 48.4. The summed E-state index contributed by atoms with van der Waals surface area (Å²) in [4.78, 5) is 24.4. The third-order valence-corrected chi connectivity index (χ3v) is 10.2. The van der Waals surface area contributed by atoms with Crippen molar-refractivity contribution in [1.29, 1.82) is 0 Å². The quantitative estimate of drug-likeness (QED) is 0.0377. The molecule has 1 atom stereocenters. The van der Waals surface area contributed by atoms with E-state index in [4.69, 9.17) is 9.47 Å². The molecule has 5 heteroatoms. The van der Waals surface area contributed by atoms with Gasteiger partial charge in [0.25, 0.3) is 0 Å². The minimum absolute atomic E-state index is 0.0783. The van der Waals surface area contributed by atoms with E-state index in [-0.39, 0.29) is 25.2 Å². The first kappa shape index (κ1) is 55.1. The van der Waals surface area contributed by atoms with Crippen molar-refractivity contribution in [2.75, 3.05) is 13.2 Å². The number of rotatable bonds is 43. The Morgan fingerprint density at radius 1 is 0.414 bits per heavy atom. The molecule has 332 valence electrons. The van der Waals surface area contributed by atoms with Gasteiger partial charge in [-0.25, -0.2) is 0 Å². The zero-order valence-corrected chi connectivity index (χ0v) is 37.8.